The second-order valence-electron chi connectivity index (χ2n) is 14.6. The van der Waals surface area contributed by atoms with Crippen molar-refractivity contribution in [1.82, 2.24) is 39.2 Å². The van der Waals surface area contributed by atoms with E-state index in [9.17, 15) is 13.6 Å². The molecule has 6 aromatic rings. The number of hydrogen-bond donors (Lipinski definition) is 2. The monoisotopic (exact) mass is 770 g/mol. The number of aryl methyl sites for hydroxylation is 1. The molecule has 0 aliphatic carbocycles. The molecule has 7 heterocycles. The van der Waals surface area contributed by atoms with Gasteiger partial charge in [-0.05, 0) is 43.7 Å². The molecule has 3 aliphatic rings. The Morgan fingerprint density at radius 1 is 0.946 bits per heavy atom. The van der Waals surface area contributed by atoms with E-state index in [1.54, 1.807) is 30.0 Å². The Morgan fingerprint density at radius 2 is 1.79 bits per heavy atom. The Kier molecular flexibility index (Phi) is 8.76. The van der Waals surface area contributed by atoms with E-state index >= 15 is 8.78 Å². The number of imidazole rings is 1. The van der Waals surface area contributed by atoms with Crippen LogP contribution in [0, 0.1) is 24.4 Å². The van der Waals surface area contributed by atoms with E-state index in [-0.39, 0.29) is 55.4 Å². The second-order valence-corrected chi connectivity index (χ2v) is 14.6. The first-order valence-corrected chi connectivity index (χ1v) is 18.3. The number of pyridine rings is 1. The molecule has 1 amide bonds. The third-order valence-electron chi connectivity index (χ3n) is 10.9. The van der Waals surface area contributed by atoms with Crippen molar-refractivity contribution in [2.75, 3.05) is 55.5 Å². The van der Waals surface area contributed by atoms with E-state index in [1.165, 1.54) is 29.1 Å². The van der Waals surface area contributed by atoms with Crippen molar-refractivity contribution in [2.24, 2.45) is 5.73 Å². The Balaban J connectivity index is 1.18. The molecule has 4 aromatic heterocycles. The van der Waals surface area contributed by atoms with Crippen LogP contribution in [0.2, 0.25) is 0 Å². The lowest BCUT2D eigenvalue weighted by molar-refractivity contribution is -0.132. The number of nitrogens with zero attached hydrogens (tertiary/aromatic N) is 10. The van der Waals surface area contributed by atoms with E-state index < -0.39 is 41.8 Å². The molecular formula is C38H38F4N12O2. The molecule has 5 atom stereocenters. The van der Waals surface area contributed by atoms with Crippen molar-refractivity contribution in [2.45, 2.75) is 50.3 Å². The van der Waals surface area contributed by atoms with Crippen LogP contribution in [-0.2, 0) is 16.1 Å². The van der Waals surface area contributed by atoms with Crippen LogP contribution in [0.15, 0.2) is 54.7 Å². The maximum absolute atomic E-state index is 15.2. The molecule has 2 saturated heterocycles. The van der Waals surface area contributed by atoms with Crippen molar-refractivity contribution in [3.05, 3.63) is 78.0 Å². The van der Waals surface area contributed by atoms with E-state index in [0.29, 0.717) is 58.1 Å². The molecule has 2 fully saturated rings. The fourth-order valence-corrected chi connectivity index (χ4v) is 8.14. The topological polar surface area (TPSA) is 148 Å². The lowest BCUT2D eigenvalue weighted by Gasteiger charge is -2.31. The summed E-state index contributed by atoms with van der Waals surface area (Å²) in [5.41, 5.74) is 8.45. The molecule has 3 aliphatic heterocycles. The molecule has 0 unspecified atom stereocenters. The molecule has 4 bridgehead atoms. The number of benzene rings is 2. The highest BCUT2D eigenvalue weighted by molar-refractivity contribution is 5.94. The molecule has 3 N–H and O–H groups in total. The highest BCUT2D eigenvalue weighted by Crippen LogP contribution is 2.37. The van der Waals surface area contributed by atoms with Crippen LogP contribution in [0.5, 0.6) is 0 Å². The van der Waals surface area contributed by atoms with Gasteiger partial charge in [0.15, 0.2) is 11.5 Å². The van der Waals surface area contributed by atoms with Gasteiger partial charge in [0, 0.05) is 57.5 Å². The van der Waals surface area contributed by atoms with Crippen molar-refractivity contribution in [1.29, 1.82) is 0 Å². The number of halogens is 4. The Labute approximate surface area is 317 Å². The number of likely N-dealkylation sites (N-methyl/N-ethyl adjacent to an activating group) is 1. The number of fused-ring (bicyclic) bond motifs is 6. The minimum Gasteiger partial charge on any atom is -0.378 e. The molecule has 0 spiro atoms. The lowest BCUT2D eigenvalue weighted by atomic mass is 10.1. The van der Waals surface area contributed by atoms with Gasteiger partial charge in [0.1, 0.15) is 47.0 Å². The van der Waals surface area contributed by atoms with Crippen LogP contribution in [0.1, 0.15) is 12.2 Å². The minimum absolute atomic E-state index is 0.0586. The molecule has 0 saturated carbocycles. The quantitative estimate of drug-likeness (QED) is 0.251. The average Bonchev–Trinajstić information content (AvgIpc) is 3.94. The molecule has 56 heavy (non-hydrogen) atoms. The summed E-state index contributed by atoms with van der Waals surface area (Å²) < 4.78 is 68.2. The highest BCUT2D eigenvalue weighted by atomic mass is 19.1. The van der Waals surface area contributed by atoms with Gasteiger partial charge in [0.2, 0.25) is 11.9 Å². The number of amides is 1. The summed E-state index contributed by atoms with van der Waals surface area (Å²) in [4.78, 5) is 39.0. The number of nitrogens with two attached hydrogens (primary N) is 1. The molecule has 18 heteroatoms. The standard InChI is InChI=1S/C38H38F4N12O2/c1-19-45-30-11-21(40)9-24-29-5-4-6-33(47-29)46-22-12-32(37(55)50(2)15-23(56-3)16-52(19)34(24)30)53(14-22)35-25-13-44-54(31-8-7-20(39)10-26(31)41)36(25)49-38(48-35)51-17-27(42)28(43)18-51/h4-11,13,22-23,27-28,32H,12,14-18,43H2,1-3H3,(H,46,47)/t22-,23-,27+,28+,32-/m0/s1. The Bertz CT molecular complexity index is 2500. The maximum atomic E-state index is 15.2. The normalized spacial score (nSPS) is 22.9. The minimum atomic E-state index is -1.34. The predicted molar refractivity (Wildman–Crippen MR) is 201 cm³/mol. The van der Waals surface area contributed by atoms with Crippen molar-refractivity contribution in [3.8, 4) is 16.9 Å². The SMILES string of the molecule is CO[C@H]1CN(C)C(=O)[C@@H]2C[C@@H](CN2c2nc(N3C[C@@H](N)[C@H](F)C3)nc3c2cnn3-c2ccc(F)cc2F)Nc2cccc(n2)-c2cc(F)cc3nc(C)n(c23)C1. The van der Waals surface area contributed by atoms with E-state index in [1.807, 2.05) is 28.5 Å². The van der Waals surface area contributed by atoms with Crippen LogP contribution in [0.25, 0.3) is 39.0 Å². The number of hydrogen-bond acceptors (Lipinski definition) is 11. The maximum Gasteiger partial charge on any atom is 0.245 e. The Hall–Kier alpha value is -5.88. The van der Waals surface area contributed by atoms with E-state index in [2.05, 4.69) is 15.4 Å². The predicted octanol–water partition coefficient (Wildman–Crippen LogP) is 3.98. The molecular weight excluding hydrogens is 732 g/mol. The summed E-state index contributed by atoms with van der Waals surface area (Å²) in [5.74, 6) is -0.703. The molecule has 2 aromatic carbocycles. The number of alkyl halides is 1. The number of aromatic nitrogens is 7. The summed E-state index contributed by atoms with van der Waals surface area (Å²) in [6.07, 6.45) is -0.0297. The zero-order valence-electron chi connectivity index (χ0n) is 30.7. The first-order chi connectivity index (χ1) is 26.9. The number of anilines is 3. The van der Waals surface area contributed by atoms with E-state index in [4.69, 9.17) is 25.4 Å². The van der Waals surface area contributed by atoms with E-state index in [0.717, 1.165) is 12.1 Å². The van der Waals surface area contributed by atoms with Crippen molar-refractivity contribution >= 4 is 45.6 Å². The molecule has 9 rings (SSSR count). The first-order valence-electron chi connectivity index (χ1n) is 18.3. The number of carbonyl (C=O) groups is 1. The van der Waals surface area contributed by atoms with Crippen LogP contribution in [0.3, 0.4) is 0 Å². The fourth-order valence-electron chi connectivity index (χ4n) is 8.14. The number of rotatable bonds is 4. The van der Waals surface area contributed by atoms with Crippen LogP contribution >= 0.6 is 0 Å². The number of nitrogens with one attached hydrogen (secondary N) is 1. The van der Waals surface area contributed by atoms with Crippen molar-refractivity contribution < 1.29 is 27.1 Å². The lowest BCUT2D eigenvalue weighted by Crippen LogP contribution is -2.47. The van der Waals surface area contributed by atoms with Crippen molar-refractivity contribution in [3.63, 3.8) is 0 Å². The van der Waals surface area contributed by atoms with Gasteiger partial charge in [-0.15, -0.1) is 0 Å². The van der Waals surface area contributed by atoms with Gasteiger partial charge in [-0.1, -0.05) is 6.07 Å². The smallest absolute Gasteiger partial charge is 0.245 e. The molecule has 14 nitrogen and oxygen atoms in total. The number of carbonyl (C=O) groups excluding carboxylic acids is 1. The summed E-state index contributed by atoms with van der Waals surface area (Å²) >= 11 is 0. The fraction of sp³-hybridized carbons (Fsp3) is 0.368. The van der Waals surface area contributed by atoms with Gasteiger partial charge < -0.3 is 35.1 Å². The van der Waals surface area contributed by atoms with Gasteiger partial charge in [-0.3, -0.25) is 4.79 Å². The largest absolute Gasteiger partial charge is 0.378 e. The van der Waals surface area contributed by atoms with Gasteiger partial charge >= 0.3 is 0 Å². The summed E-state index contributed by atoms with van der Waals surface area (Å²) in [7, 11) is 3.28. The number of methoxy groups -OCH3 is 1. The summed E-state index contributed by atoms with van der Waals surface area (Å²) in [6, 6.07) is 9.50. The average molecular weight is 771 g/mol. The molecule has 290 valence electrons. The third-order valence-corrected chi connectivity index (χ3v) is 10.9. The zero-order valence-corrected chi connectivity index (χ0v) is 30.7. The summed E-state index contributed by atoms with van der Waals surface area (Å²) in [5, 5.41) is 8.33. The highest BCUT2D eigenvalue weighted by Gasteiger charge is 2.42. The van der Waals surface area contributed by atoms with Gasteiger partial charge in [0.25, 0.3) is 0 Å². The third kappa shape index (κ3) is 6.12. The van der Waals surface area contributed by atoms with Gasteiger partial charge in [-0.2, -0.15) is 15.1 Å². The van der Waals surface area contributed by atoms with Crippen LogP contribution < -0.4 is 20.9 Å². The molecule has 0 radical (unpaired) electrons. The van der Waals surface area contributed by atoms with Crippen LogP contribution in [-0.4, -0.2) is 116 Å². The van der Waals surface area contributed by atoms with Gasteiger partial charge in [0.05, 0.1) is 53.5 Å². The Morgan fingerprint density at radius 3 is 2.55 bits per heavy atom. The number of ether oxygens (including phenoxy) is 1. The second kappa shape index (κ2) is 13.7. The first kappa shape index (κ1) is 35.8. The van der Waals surface area contributed by atoms with Gasteiger partial charge in [-0.25, -0.2) is 32.2 Å². The zero-order chi connectivity index (χ0) is 39.0. The van der Waals surface area contributed by atoms with Crippen LogP contribution in [0.4, 0.5) is 35.1 Å². The summed E-state index contributed by atoms with van der Waals surface area (Å²) in [6.45, 7) is 2.66.